The third-order valence-corrected chi connectivity index (χ3v) is 2.40. The Bertz CT molecular complexity index is 591. The zero-order valence-electron chi connectivity index (χ0n) is 10.6. The predicted molar refractivity (Wildman–Crippen MR) is 72.7 cm³/mol. The van der Waals surface area contributed by atoms with Crippen molar-refractivity contribution in [3.8, 4) is 0 Å². The number of amides is 2. The SMILES string of the molecule is O=C(NCc1ccccc1)C(=O)N/N=C/c1ccco1. The molecule has 0 spiro atoms. The van der Waals surface area contributed by atoms with Crippen LogP contribution in [-0.2, 0) is 16.1 Å². The number of carbonyl (C=O) groups excluding carboxylic acids is 2. The summed E-state index contributed by atoms with van der Waals surface area (Å²) in [6.07, 6.45) is 2.79. The molecule has 0 bridgehead atoms. The third-order valence-electron chi connectivity index (χ3n) is 2.40. The Labute approximate surface area is 115 Å². The molecule has 0 saturated heterocycles. The summed E-state index contributed by atoms with van der Waals surface area (Å²) in [5, 5.41) is 6.10. The van der Waals surface area contributed by atoms with Gasteiger partial charge in [0.15, 0.2) is 0 Å². The first-order valence-electron chi connectivity index (χ1n) is 5.94. The number of hydrogen-bond donors (Lipinski definition) is 2. The summed E-state index contributed by atoms with van der Waals surface area (Å²) < 4.78 is 4.98. The molecule has 1 heterocycles. The molecule has 2 N–H and O–H groups in total. The molecular formula is C14H13N3O3. The minimum absolute atomic E-state index is 0.287. The van der Waals surface area contributed by atoms with E-state index in [-0.39, 0.29) is 6.54 Å². The normalized spacial score (nSPS) is 10.4. The lowest BCUT2D eigenvalue weighted by Crippen LogP contribution is -2.37. The van der Waals surface area contributed by atoms with E-state index in [2.05, 4.69) is 15.8 Å². The summed E-state index contributed by atoms with van der Waals surface area (Å²) in [6, 6.07) is 12.7. The van der Waals surface area contributed by atoms with Gasteiger partial charge >= 0.3 is 11.8 Å². The maximum atomic E-state index is 11.5. The average Bonchev–Trinajstić information content (AvgIpc) is 2.99. The van der Waals surface area contributed by atoms with Crippen molar-refractivity contribution < 1.29 is 14.0 Å². The Morgan fingerprint density at radius 3 is 2.60 bits per heavy atom. The summed E-state index contributed by atoms with van der Waals surface area (Å²) >= 11 is 0. The van der Waals surface area contributed by atoms with Gasteiger partial charge in [-0.15, -0.1) is 0 Å². The van der Waals surface area contributed by atoms with Crippen LogP contribution in [0, 0.1) is 0 Å². The van der Waals surface area contributed by atoms with Crippen molar-refractivity contribution in [1.29, 1.82) is 0 Å². The smallest absolute Gasteiger partial charge is 0.329 e. The van der Waals surface area contributed by atoms with Crippen LogP contribution in [0.3, 0.4) is 0 Å². The Balaban J connectivity index is 1.76. The van der Waals surface area contributed by atoms with Crippen LogP contribution in [0.1, 0.15) is 11.3 Å². The van der Waals surface area contributed by atoms with Crippen LogP contribution >= 0.6 is 0 Å². The van der Waals surface area contributed by atoms with E-state index in [9.17, 15) is 9.59 Å². The standard InChI is InChI=1S/C14H13N3O3/c18-13(15-9-11-5-2-1-3-6-11)14(19)17-16-10-12-7-4-8-20-12/h1-8,10H,9H2,(H,15,18)(H,17,19)/b16-10+. The highest BCUT2D eigenvalue weighted by Crippen LogP contribution is 1.97. The number of nitrogens with one attached hydrogen (secondary N) is 2. The fraction of sp³-hybridized carbons (Fsp3) is 0.0714. The van der Waals surface area contributed by atoms with Crippen LogP contribution in [0.4, 0.5) is 0 Å². The fourth-order valence-corrected chi connectivity index (χ4v) is 1.43. The van der Waals surface area contributed by atoms with Gasteiger partial charge in [0.2, 0.25) is 0 Å². The first kappa shape index (κ1) is 13.5. The van der Waals surface area contributed by atoms with Crippen molar-refractivity contribution in [3.05, 3.63) is 60.1 Å². The third kappa shape index (κ3) is 4.09. The zero-order chi connectivity index (χ0) is 14.2. The van der Waals surface area contributed by atoms with Crippen molar-refractivity contribution >= 4 is 18.0 Å². The van der Waals surface area contributed by atoms with Gasteiger partial charge in [-0.3, -0.25) is 9.59 Å². The molecule has 6 heteroatoms. The number of benzene rings is 1. The van der Waals surface area contributed by atoms with E-state index < -0.39 is 11.8 Å². The molecule has 1 aromatic carbocycles. The van der Waals surface area contributed by atoms with Gasteiger partial charge in [-0.05, 0) is 17.7 Å². The summed E-state index contributed by atoms with van der Waals surface area (Å²) in [7, 11) is 0. The van der Waals surface area contributed by atoms with Gasteiger partial charge in [0.05, 0.1) is 12.5 Å². The monoisotopic (exact) mass is 271 g/mol. The summed E-state index contributed by atoms with van der Waals surface area (Å²) in [4.78, 5) is 22.9. The zero-order valence-corrected chi connectivity index (χ0v) is 10.6. The van der Waals surface area contributed by atoms with Gasteiger partial charge in [-0.2, -0.15) is 5.10 Å². The van der Waals surface area contributed by atoms with Gasteiger partial charge in [0, 0.05) is 6.54 Å². The topological polar surface area (TPSA) is 83.7 Å². The number of carbonyl (C=O) groups is 2. The lowest BCUT2D eigenvalue weighted by Gasteiger charge is -2.03. The highest BCUT2D eigenvalue weighted by Gasteiger charge is 2.11. The molecule has 0 fully saturated rings. The van der Waals surface area contributed by atoms with Crippen LogP contribution < -0.4 is 10.7 Å². The number of rotatable bonds is 4. The predicted octanol–water partition coefficient (Wildman–Crippen LogP) is 1.05. The molecular weight excluding hydrogens is 258 g/mol. The summed E-state index contributed by atoms with van der Waals surface area (Å²) in [5.41, 5.74) is 3.03. The maximum absolute atomic E-state index is 11.5. The lowest BCUT2D eigenvalue weighted by molar-refractivity contribution is -0.139. The molecule has 102 valence electrons. The first-order valence-corrected chi connectivity index (χ1v) is 5.94. The molecule has 0 aliphatic rings. The molecule has 2 amide bonds. The highest BCUT2D eigenvalue weighted by atomic mass is 16.3. The van der Waals surface area contributed by atoms with Crippen LogP contribution in [-0.4, -0.2) is 18.0 Å². The molecule has 2 aromatic rings. The number of hydrazone groups is 1. The maximum Gasteiger partial charge on any atom is 0.329 e. The summed E-state index contributed by atoms with van der Waals surface area (Å²) in [5.74, 6) is -1.09. The van der Waals surface area contributed by atoms with E-state index in [1.807, 2.05) is 30.3 Å². The van der Waals surface area contributed by atoms with E-state index >= 15 is 0 Å². The van der Waals surface area contributed by atoms with Gasteiger partial charge in [0.25, 0.3) is 0 Å². The van der Waals surface area contributed by atoms with Gasteiger partial charge < -0.3 is 9.73 Å². The second-order valence-electron chi connectivity index (χ2n) is 3.88. The quantitative estimate of drug-likeness (QED) is 0.495. The van der Waals surface area contributed by atoms with Gasteiger partial charge in [-0.1, -0.05) is 30.3 Å². The van der Waals surface area contributed by atoms with Crippen molar-refractivity contribution in [2.24, 2.45) is 5.10 Å². The second-order valence-corrected chi connectivity index (χ2v) is 3.88. The molecule has 0 unspecified atom stereocenters. The molecule has 0 saturated carbocycles. The Morgan fingerprint density at radius 2 is 1.90 bits per heavy atom. The lowest BCUT2D eigenvalue weighted by atomic mass is 10.2. The van der Waals surface area contributed by atoms with Gasteiger partial charge in [-0.25, -0.2) is 5.43 Å². The van der Waals surface area contributed by atoms with Crippen molar-refractivity contribution in [3.63, 3.8) is 0 Å². The van der Waals surface area contributed by atoms with Crippen molar-refractivity contribution in [2.75, 3.05) is 0 Å². The first-order chi connectivity index (χ1) is 9.75. The van der Waals surface area contributed by atoms with E-state index in [1.165, 1.54) is 12.5 Å². The molecule has 0 aliphatic heterocycles. The second kappa shape index (κ2) is 6.89. The fourth-order valence-electron chi connectivity index (χ4n) is 1.43. The van der Waals surface area contributed by atoms with E-state index in [0.717, 1.165) is 5.56 Å². The Morgan fingerprint density at radius 1 is 1.10 bits per heavy atom. The largest absolute Gasteiger partial charge is 0.463 e. The molecule has 2 rings (SSSR count). The molecule has 1 aromatic heterocycles. The number of furan rings is 1. The Hall–Kier alpha value is -2.89. The van der Waals surface area contributed by atoms with Crippen LogP contribution in [0.5, 0.6) is 0 Å². The Kier molecular flexibility index (Phi) is 4.66. The molecule has 0 aliphatic carbocycles. The average molecular weight is 271 g/mol. The van der Waals surface area contributed by atoms with Crippen LogP contribution in [0.15, 0.2) is 58.2 Å². The van der Waals surface area contributed by atoms with E-state index in [1.54, 1.807) is 12.1 Å². The molecule has 20 heavy (non-hydrogen) atoms. The van der Waals surface area contributed by atoms with Crippen LogP contribution in [0.2, 0.25) is 0 Å². The van der Waals surface area contributed by atoms with Crippen LogP contribution in [0.25, 0.3) is 0 Å². The number of nitrogens with zero attached hydrogens (tertiary/aromatic N) is 1. The minimum Gasteiger partial charge on any atom is -0.463 e. The minimum atomic E-state index is -0.830. The van der Waals surface area contributed by atoms with Crippen molar-refractivity contribution in [2.45, 2.75) is 6.54 Å². The van der Waals surface area contributed by atoms with E-state index in [4.69, 9.17) is 4.42 Å². The highest BCUT2D eigenvalue weighted by molar-refractivity contribution is 6.35. The number of hydrogen-bond acceptors (Lipinski definition) is 4. The molecule has 6 nitrogen and oxygen atoms in total. The molecule has 0 atom stereocenters. The van der Waals surface area contributed by atoms with Crippen molar-refractivity contribution in [1.82, 2.24) is 10.7 Å². The van der Waals surface area contributed by atoms with Gasteiger partial charge in [0.1, 0.15) is 5.76 Å². The summed E-state index contributed by atoms with van der Waals surface area (Å²) in [6.45, 7) is 0.287. The van der Waals surface area contributed by atoms with E-state index in [0.29, 0.717) is 5.76 Å². The molecule has 0 radical (unpaired) electrons.